The molecule has 2 aromatic heterocycles. The largest absolute Gasteiger partial charge is 0.384 e. The Kier molecular flexibility index (Phi) is 9.20. The Balaban J connectivity index is 1.18. The molecular weight excluding hydrogens is 497 g/mol. The van der Waals surface area contributed by atoms with Crippen LogP contribution >= 0.6 is 23.2 Å². The molecule has 2 saturated heterocycles. The molecule has 0 radical (unpaired) electrons. The highest BCUT2D eigenvalue weighted by Gasteiger charge is 2.23. The van der Waals surface area contributed by atoms with Crippen LogP contribution in [0.25, 0.3) is 11.1 Å². The summed E-state index contributed by atoms with van der Waals surface area (Å²) in [6, 6.07) is 5.00. The molecule has 2 aromatic rings. The van der Waals surface area contributed by atoms with Crippen LogP contribution in [0, 0.1) is 5.92 Å². The second kappa shape index (κ2) is 12.7. The van der Waals surface area contributed by atoms with Gasteiger partial charge in [0.1, 0.15) is 11.0 Å². The van der Waals surface area contributed by atoms with Gasteiger partial charge in [0.2, 0.25) is 0 Å². The molecule has 4 heterocycles. The van der Waals surface area contributed by atoms with E-state index >= 15 is 0 Å². The average Bonchev–Trinajstić information content (AvgIpc) is 3.43. The van der Waals surface area contributed by atoms with E-state index in [-0.39, 0.29) is 0 Å². The maximum atomic E-state index is 6.57. The second-order valence-corrected chi connectivity index (χ2v) is 11.0. The molecule has 3 fully saturated rings. The zero-order valence-corrected chi connectivity index (χ0v) is 22.3. The number of ether oxygens (including phenoxy) is 2. The summed E-state index contributed by atoms with van der Waals surface area (Å²) in [6.07, 6.45) is 12.9. The minimum atomic E-state index is 0.397. The lowest BCUT2D eigenvalue weighted by atomic mass is 9.91. The van der Waals surface area contributed by atoms with Gasteiger partial charge in [-0.05, 0) is 69.4 Å². The van der Waals surface area contributed by atoms with E-state index in [0.29, 0.717) is 34.3 Å². The molecule has 0 unspecified atom stereocenters. The van der Waals surface area contributed by atoms with Crippen molar-refractivity contribution in [3.63, 3.8) is 0 Å². The van der Waals surface area contributed by atoms with Gasteiger partial charge in [-0.2, -0.15) is 0 Å². The topological polar surface area (TPSA) is 80.3 Å². The van der Waals surface area contributed by atoms with Crippen molar-refractivity contribution in [1.29, 1.82) is 0 Å². The predicted molar refractivity (Wildman–Crippen MR) is 146 cm³/mol. The molecule has 196 valence electrons. The SMILES string of the molecule is Clc1cnc(NC2CCC(NC[C@@H]3CCCO3)CC2)cc1-c1cc(NCC2CCOCC2)cnc1Cl. The molecule has 0 amide bonds. The third kappa shape index (κ3) is 7.01. The first-order valence-electron chi connectivity index (χ1n) is 13.4. The molecular formula is C27H37Cl2N5O2. The van der Waals surface area contributed by atoms with Crippen LogP contribution in [-0.4, -0.2) is 61.1 Å². The summed E-state index contributed by atoms with van der Waals surface area (Å²) in [5.41, 5.74) is 2.59. The van der Waals surface area contributed by atoms with Crippen LogP contribution in [-0.2, 0) is 9.47 Å². The third-order valence-electron chi connectivity index (χ3n) is 7.66. The van der Waals surface area contributed by atoms with Crippen molar-refractivity contribution in [2.24, 2.45) is 5.92 Å². The van der Waals surface area contributed by atoms with Crippen molar-refractivity contribution in [2.45, 2.75) is 69.6 Å². The molecule has 1 atom stereocenters. The van der Waals surface area contributed by atoms with E-state index in [1.807, 2.05) is 12.1 Å². The standard InChI is InChI=1S/C27H37Cl2N5O2/c28-25-17-32-26(34-20-5-3-19(4-6-20)31-16-22-2-1-9-36-22)13-23(25)24-12-21(15-33-27(24)29)30-14-18-7-10-35-11-8-18/h12-13,15,17-20,22,30-31H,1-11,14,16H2,(H,32,34)/t19?,20?,22-/m0/s1. The number of hydrogen-bond acceptors (Lipinski definition) is 7. The van der Waals surface area contributed by atoms with E-state index in [4.69, 9.17) is 32.7 Å². The fraction of sp³-hybridized carbons (Fsp3) is 0.630. The molecule has 0 bridgehead atoms. The van der Waals surface area contributed by atoms with Gasteiger partial charge in [0.15, 0.2) is 0 Å². The Morgan fingerprint density at radius 1 is 0.833 bits per heavy atom. The Hall–Kier alpha value is -1.64. The summed E-state index contributed by atoms with van der Waals surface area (Å²) < 4.78 is 11.2. The molecule has 7 nitrogen and oxygen atoms in total. The maximum Gasteiger partial charge on any atom is 0.137 e. The van der Waals surface area contributed by atoms with E-state index in [2.05, 4.69) is 25.9 Å². The number of nitrogens with zero attached hydrogens (tertiary/aromatic N) is 2. The van der Waals surface area contributed by atoms with Gasteiger partial charge in [-0.1, -0.05) is 23.2 Å². The van der Waals surface area contributed by atoms with Crippen LogP contribution in [0.4, 0.5) is 11.5 Å². The number of anilines is 2. The molecule has 1 saturated carbocycles. The minimum Gasteiger partial charge on any atom is -0.384 e. The predicted octanol–water partition coefficient (Wildman–Crippen LogP) is 5.78. The molecule has 0 spiro atoms. The van der Waals surface area contributed by atoms with Crippen LogP contribution in [0.1, 0.15) is 51.4 Å². The van der Waals surface area contributed by atoms with E-state index in [0.717, 1.165) is 94.1 Å². The molecule has 9 heteroatoms. The molecule has 36 heavy (non-hydrogen) atoms. The Morgan fingerprint density at radius 3 is 2.42 bits per heavy atom. The Morgan fingerprint density at radius 2 is 1.64 bits per heavy atom. The van der Waals surface area contributed by atoms with Crippen LogP contribution in [0.15, 0.2) is 24.5 Å². The van der Waals surface area contributed by atoms with Gasteiger partial charge in [0.25, 0.3) is 0 Å². The van der Waals surface area contributed by atoms with E-state index in [1.165, 1.54) is 12.8 Å². The fourth-order valence-electron chi connectivity index (χ4n) is 5.42. The number of pyridine rings is 2. The van der Waals surface area contributed by atoms with Crippen LogP contribution in [0.5, 0.6) is 0 Å². The molecule has 0 aromatic carbocycles. The normalized spacial score (nSPS) is 25.1. The van der Waals surface area contributed by atoms with E-state index in [1.54, 1.807) is 12.4 Å². The van der Waals surface area contributed by atoms with Crippen molar-refractivity contribution in [3.05, 3.63) is 34.7 Å². The lowest BCUT2D eigenvalue weighted by molar-refractivity contribution is 0.0699. The van der Waals surface area contributed by atoms with Crippen molar-refractivity contribution in [1.82, 2.24) is 15.3 Å². The number of aromatic nitrogens is 2. The van der Waals surface area contributed by atoms with Gasteiger partial charge in [-0.3, -0.25) is 0 Å². The number of rotatable bonds is 9. The van der Waals surface area contributed by atoms with Gasteiger partial charge >= 0.3 is 0 Å². The van der Waals surface area contributed by atoms with Gasteiger partial charge < -0.3 is 25.4 Å². The Bertz CT molecular complexity index is 990. The zero-order chi connectivity index (χ0) is 24.7. The van der Waals surface area contributed by atoms with Gasteiger partial charge in [-0.25, -0.2) is 9.97 Å². The molecule has 5 rings (SSSR count). The highest BCUT2D eigenvalue weighted by atomic mass is 35.5. The van der Waals surface area contributed by atoms with Crippen molar-refractivity contribution >= 4 is 34.7 Å². The third-order valence-corrected chi connectivity index (χ3v) is 8.26. The van der Waals surface area contributed by atoms with Crippen LogP contribution in [0.3, 0.4) is 0 Å². The minimum absolute atomic E-state index is 0.397. The first kappa shape index (κ1) is 26.0. The highest BCUT2D eigenvalue weighted by Crippen LogP contribution is 2.35. The molecule has 3 N–H and O–H groups in total. The number of nitrogens with one attached hydrogen (secondary N) is 3. The van der Waals surface area contributed by atoms with Crippen LogP contribution in [0.2, 0.25) is 10.2 Å². The summed E-state index contributed by atoms with van der Waals surface area (Å²) >= 11 is 13.1. The second-order valence-electron chi connectivity index (χ2n) is 10.3. The summed E-state index contributed by atoms with van der Waals surface area (Å²) in [5.74, 6) is 1.43. The summed E-state index contributed by atoms with van der Waals surface area (Å²) in [7, 11) is 0. The number of hydrogen-bond donors (Lipinski definition) is 3. The molecule has 2 aliphatic heterocycles. The van der Waals surface area contributed by atoms with Crippen LogP contribution < -0.4 is 16.0 Å². The first-order chi connectivity index (χ1) is 17.6. The van der Waals surface area contributed by atoms with E-state index < -0.39 is 0 Å². The van der Waals surface area contributed by atoms with Gasteiger partial charge in [0, 0.05) is 62.3 Å². The van der Waals surface area contributed by atoms with Crippen molar-refractivity contribution < 1.29 is 9.47 Å². The van der Waals surface area contributed by atoms with Crippen molar-refractivity contribution in [2.75, 3.05) is 43.5 Å². The van der Waals surface area contributed by atoms with Gasteiger partial charge in [-0.15, -0.1) is 0 Å². The lowest BCUT2D eigenvalue weighted by Gasteiger charge is -2.30. The van der Waals surface area contributed by atoms with Gasteiger partial charge in [0.05, 0.1) is 23.0 Å². The fourth-order valence-corrected chi connectivity index (χ4v) is 5.84. The Labute approximate surface area is 224 Å². The summed E-state index contributed by atoms with van der Waals surface area (Å²) in [5, 5.41) is 11.8. The molecule has 3 aliphatic rings. The number of halogens is 2. The lowest BCUT2D eigenvalue weighted by Crippen LogP contribution is -2.40. The summed E-state index contributed by atoms with van der Waals surface area (Å²) in [4.78, 5) is 8.97. The first-order valence-corrected chi connectivity index (χ1v) is 14.1. The zero-order valence-electron chi connectivity index (χ0n) is 20.8. The van der Waals surface area contributed by atoms with Crippen molar-refractivity contribution in [3.8, 4) is 11.1 Å². The highest BCUT2D eigenvalue weighted by molar-refractivity contribution is 6.36. The average molecular weight is 535 g/mol. The molecule has 1 aliphatic carbocycles. The monoisotopic (exact) mass is 533 g/mol. The van der Waals surface area contributed by atoms with E-state index in [9.17, 15) is 0 Å². The quantitative estimate of drug-likeness (QED) is 0.352. The summed E-state index contributed by atoms with van der Waals surface area (Å²) in [6.45, 7) is 4.47. The maximum absolute atomic E-state index is 6.57. The smallest absolute Gasteiger partial charge is 0.137 e.